The summed E-state index contributed by atoms with van der Waals surface area (Å²) in [7, 11) is 4.22. The third-order valence-electron chi connectivity index (χ3n) is 6.57. The van der Waals surface area contributed by atoms with Crippen molar-refractivity contribution in [1.29, 1.82) is 0 Å². The third-order valence-corrected chi connectivity index (χ3v) is 7.74. The van der Waals surface area contributed by atoms with Gasteiger partial charge >= 0.3 is 6.18 Å². The van der Waals surface area contributed by atoms with Gasteiger partial charge in [0.2, 0.25) is 0 Å². The van der Waals surface area contributed by atoms with Crippen molar-refractivity contribution in [1.82, 2.24) is 14.7 Å². The maximum absolute atomic E-state index is 13.4. The highest BCUT2D eigenvalue weighted by molar-refractivity contribution is 8.03. The molecule has 1 aromatic carbocycles. The molecule has 0 unspecified atom stereocenters. The first-order valence-electron chi connectivity index (χ1n) is 12.0. The van der Waals surface area contributed by atoms with Gasteiger partial charge in [0, 0.05) is 42.5 Å². The zero-order valence-corrected chi connectivity index (χ0v) is 20.5. The van der Waals surface area contributed by atoms with Gasteiger partial charge in [-0.15, -0.1) is 0 Å². The number of allylic oxidation sites excluding steroid dienone is 2. The van der Waals surface area contributed by atoms with Crippen LogP contribution in [-0.4, -0.2) is 81.2 Å². The molecule has 0 spiro atoms. The Bertz CT molecular complexity index is 881. The second kappa shape index (κ2) is 10.8. The average Bonchev–Trinajstić information content (AvgIpc) is 3.01. The van der Waals surface area contributed by atoms with Crippen molar-refractivity contribution in [2.24, 2.45) is 0 Å². The molecule has 0 N–H and O–H groups in total. The molecule has 3 aliphatic rings. The monoisotopic (exact) mass is 480 g/mol. The van der Waals surface area contributed by atoms with Crippen LogP contribution < -0.4 is 4.90 Å². The first kappa shape index (κ1) is 24.6. The molecule has 2 heterocycles. The van der Waals surface area contributed by atoms with E-state index in [1.165, 1.54) is 23.5 Å². The van der Waals surface area contributed by atoms with E-state index < -0.39 is 11.7 Å². The number of alkyl halides is 3. The Hall–Kier alpha value is -1.48. The fourth-order valence-corrected chi connectivity index (χ4v) is 5.87. The average molecular weight is 481 g/mol. The molecule has 0 radical (unpaired) electrons. The zero-order chi connectivity index (χ0) is 23.4. The SMILES string of the molecule is CN(C)CCN1CCCN(CCCN2C3=CCCC=C3Sc3ccc(C(F)(F)F)cc32)CC1. The summed E-state index contributed by atoms with van der Waals surface area (Å²) >= 11 is 1.60. The van der Waals surface area contributed by atoms with Gasteiger partial charge in [-0.1, -0.05) is 23.9 Å². The molecule has 0 atom stereocenters. The van der Waals surface area contributed by atoms with Crippen LogP contribution in [-0.2, 0) is 6.18 Å². The van der Waals surface area contributed by atoms with Gasteiger partial charge < -0.3 is 19.6 Å². The first-order valence-corrected chi connectivity index (χ1v) is 12.8. The molecular weight excluding hydrogens is 445 g/mol. The number of benzene rings is 1. The predicted octanol–water partition coefficient (Wildman–Crippen LogP) is 5.14. The minimum Gasteiger partial charge on any atom is -0.340 e. The number of likely N-dealkylation sites (N-methyl/N-ethyl adjacent to an activating group) is 1. The van der Waals surface area contributed by atoms with Crippen LogP contribution in [0.3, 0.4) is 0 Å². The molecule has 33 heavy (non-hydrogen) atoms. The van der Waals surface area contributed by atoms with Crippen LogP contribution in [0.15, 0.2) is 45.8 Å². The normalized spacial score (nSPS) is 20.2. The van der Waals surface area contributed by atoms with E-state index in [0.29, 0.717) is 5.69 Å². The van der Waals surface area contributed by atoms with Gasteiger partial charge in [-0.25, -0.2) is 0 Å². The van der Waals surface area contributed by atoms with Crippen LogP contribution in [0, 0.1) is 0 Å². The van der Waals surface area contributed by atoms with Gasteiger partial charge in [0.05, 0.1) is 16.9 Å². The lowest BCUT2D eigenvalue weighted by Gasteiger charge is -2.37. The van der Waals surface area contributed by atoms with E-state index in [4.69, 9.17) is 0 Å². The van der Waals surface area contributed by atoms with Crippen LogP contribution in [0.5, 0.6) is 0 Å². The van der Waals surface area contributed by atoms with Crippen molar-refractivity contribution < 1.29 is 13.2 Å². The molecule has 2 aliphatic heterocycles. The van der Waals surface area contributed by atoms with Gasteiger partial charge in [0.1, 0.15) is 0 Å². The molecule has 4 rings (SSSR count). The number of rotatable bonds is 7. The quantitative estimate of drug-likeness (QED) is 0.535. The van der Waals surface area contributed by atoms with E-state index in [9.17, 15) is 13.2 Å². The summed E-state index contributed by atoms with van der Waals surface area (Å²) in [5.74, 6) is 0. The fourth-order valence-electron chi connectivity index (χ4n) is 4.72. The Labute approximate surface area is 200 Å². The molecule has 0 amide bonds. The van der Waals surface area contributed by atoms with Crippen molar-refractivity contribution in [2.75, 3.05) is 71.4 Å². The number of hydrogen-bond acceptors (Lipinski definition) is 5. The van der Waals surface area contributed by atoms with Crippen molar-refractivity contribution in [3.8, 4) is 0 Å². The van der Waals surface area contributed by atoms with E-state index in [1.807, 2.05) is 0 Å². The third kappa shape index (κ3) is 6.35. The van der Waals surface area contributed by atoms with Crippen molar-refractivity contribution >= 4 is 17.4 Å². The van der Waals surface area contributed by atoms with Gasteiger partial charge in [-0.3, -0.25) is 0 Å². The number of halogens is 3. The summed E-state index contributed by atoms with van der Waals surface area (Å²) in [6, 6.07) is 4.18. The second-order valence-electron chi connectivity index (χ2n) is 9.36. The summed E-state index contributed by atoms with van der Waals surface area (Å²) in [6.07, 6.45) is 4.14. The molecule has 182 valence electrons. The number of fused-ring (bicyclic) bond motifs is 2. The van der Waals surface area contributed by atoms with E-state index in [2.05, 4.69) is 45.8 Å². The fraction of sp³-hybridized carbons (Fsp3) is 0.600. The highest BCUT2D eigenvalue weighted by Gasteiger charge is 2.34. The number of thioether (sulfide) groups is 1. The van der Waals surface area contributed by atoms with E-state index in [0.717, 1.165) is 82.2 Å². The molecule has 1 aliphatic carbocycles. The maximum atomic E-state index is 13.4. The summed E-state index contributed by atoms with van der Waals surface area (Å²) in [5.41, 5.74) is 1.22. The van der Waals surface area contributed by atoms with Gasteiger partial charge in [0.15, 0.2) is 0 Å². The molecule has 8 heteroatoms. The highest BCUT2D eigenvalue weighted by atomic mass is 32.2. The van der Waals surface area contributed by atoms with E-state index in [1.54, 1.807) is 17.8 Å². The Kier molecular flexibility index (Phi) is 8.10. The largest absolute Gasteiger partial charge is 0.416 e. The summed E-state index contributed by atoms with van der Waals surface area (Å²) in [4.78, 5) is 11.5. The zero-order valence-electron chi connectivity index (χ0n) is 19.7. The van der Waals surface area contributed by atoms with Crippen LogP contribution in [0.4, 0.5) is 18.9 Å². The van der Waals surface area contributed by atoms with E-state index >= 15 is 0 Å². The number of anilines is 1. The summed E-state index contributed by atoms with van der Waals surface area (Å²) < 4.78 is 40.3. The van der Waals surface area contributed by atoms with Gasteiger partial charge in [-0.05, 0) is 77.6 Å². The standard InChI is InChI=1S/C25H35F3N4S/c1-29(2)15-16-31-12-5-11-30(17-18-31)13-6-14-32-21-7-3-4-8-23(21)33-24-10-9-20(19-22(24)32)25(26,27)28/h7-10,19H,3-6,11-18H2,1-2H3. The van der Waals surface area contributed by atoms with Crippen molar-refractivity contribution in [3.63, 3.8) is 0 Å². The lowest BCUT2D eigenvalue weighted by atomic mass is 10.1. The lowest BCUT2D eigenvalue weighted by molar-refractivity contribution is -0.137. The lowest BCUT2D eigenvalue weighted by Crippen LogP contribution is -2.36. The van der Waals surface area contributed by atoms with Gasteiger partial charge in [0.25, 0.3) is 0 Å². The topological polar surface area (TPSA) is 13.0 Å². The van der Waals surface area contributed by atoms with E-state index in [-0.39, 0.29) is 0 Å². The summed E-state index contributed by atoms with van der Waals surface area (Å²) in [5, 5.41) is 0. The molecule has 1 fully saturated rings. The molecule has 0 bridgehead atoms. The maximum Gasteiger partial charge on any atom is 0.416 e. The minimum atomic E-state index is -4.33. The number of hydrogen-bond donors (Lipinski definition) is 0. The minimum absolute atomic E-state index is 0.568. The Balaban J connectivity index is 1.41. The molecule has 1 aromatic rings. The first-order chi connectivity index (χ1) is 15.8. The van der Waals surface area contributed by atoms with Gasteiger partial charge in [-0.2, -0.15) is 13.2 Å². The van der Waals surface area contributed by atoms with Crippen LogP contribution in [0.1, 0.15) is 31.2 Å². The summed E-state index contributed by atoms with van der Waals surface area (Å²) in [6.45, 7) is 8.28. The van der Waals surface area contributed by atoms with Crippen LogP contribution in [0.25, 0.3) is 0 Å². The Morgan fingerprint density at radius 1 is 0.939 bits per heavy atom. The van der Waals surface area contributed by atoms with Crippen LogP contribution in [0.2, 0.25) is 0 Å². The van der Waals surface area contributed by atoms with Crippen molar-refractivity contribution in [2.45, 2.75) is 36.8 Å². The van der Waals surface area contributed by atoms with Crippen molar-refractivity contribution in [3.05, 3.63) is 46.5 Å². The molecule has 0 saturated carbocycles. The Morgan fingerprint density at radius 2 is 1.67 bits per heavy atom. The predicted molar refractivity (Wildman–Crippen MR) is 131 cm³/mol. The number of nitrogens with zero attached hydrogens (tertiary/aromatic N) is 4. The second-order valence-corrected chi connectivity index (χ2v) is 10.4. The molecule has 4 nitrogen and oxygen atoms in total. The molecular formula is C25H35F3N4S. The smallest absolute Gasteiger partial charge is 0.340 e. The highest BCUT2D eigenvalue weighted by Crippen LogP contribution is 2.49. The Morgan fingerprint density at radius 3 is 2.39 bits per heavy atom. The van der Waals surface area contributed by atoms with Crippen LogP contribution >= 0.6 is 11.8 Å². The molecule has 0 aromatic heterocycles. The molecule has 1 saturated heterocycles.